The number of fused-ring (bicyclic) bond motifs is 3. The number of aromatic nitrogens is 4. The number of halogens is 3. The Bertz CT molecular complexity index is 750. The first kappa shape index (κ1) is 11.0. The van der Waals surface area contributed by atoms with E-state index in [-0.39, 0.29) is 5.28 Å². The van der Waals surface area contributed by atoms with Gasteiger partial charge in [0, 0.05) is 18.6 Å². The van der Waals surface area contributed by atoms with Gasteiger partial charge in [-0.25, -0.2) is 9.97 Å². The van der Waals surface area contributed by atoms with E-state index in [4.69, 9.17) is 34.8 Å². The molecule has 86 valence electrons. The summed E-state index contributed by atoms with van der Waals surface area (Å²) >= 11 is 18.0. The van der Waals surface area contributed by atoms with Gasteiger partial charge in [-0.3, -0.25) is 0 Å². The number of hydrogen-bond donors (Lipinski definition) is 0. The minimum Gasteiger partial charge on any atom is -0.326 e. The maximum Gasteiger partial charge on any atom is 0.225 e. The Balaban J connectivity index is 2.68. The molecule has 7 heteroatoms. The first-order chi connectivity index (χ1) is 8.09. The summed E-state index contributed by atoms with van der Waals surface area (Å²) in [4.78, 5) is 12.1. The highest BCUT2D eigenvalue weighted by atomic mass is 35.5. The lowest BCUT2D eigenvalue weighted by atomic mass is 10.2. The Hall–Kier alpha value is -1.10. The molecular weight excluding hydrogens is 282 g/mol. The third kappa shape index (κ3) is 1.48. The van der Waals surface area contributed by atoms with Crippen LogP contribution in [0, 0.1) is 0 Å². The van der Waals surface area contributed by atoms with Crippen LogP contribution in [-0.2, 0) is 7.05 Å². The molecule has 4 nitrogen and oxygen atoms in total. The summed E-state index contributed by atoms with van der Waals surface area (Å²) in [7, 11) is 1.83. The molecule has 3 rings (SSSR count). The van der Waals surface area contributed by atoms with Crippen LogP contribution in [0.15, 0.2) is 12.3 Å². The van der Waals surface area contributed by atoms with Gasteiger partial charge in [0.1, 0.15) is 10.8 Å². The predicted molar refractivity (Wildman–Crippen MR) is 68.8 cm³/mol. The van der Waals surface area contributed by atoms with Crippen molar-refractivity contribution in [1.29, 1.82) is 0 Å². The quantitative estimate of drug-likeness (QED) is 0.361. The topological polar surface area (TPSA) is 43.6 Å². The van der Waals surface area contributed by atoms with Crippen molar-refractivity contribution >= 4 is 56.7 Å². The van der Waals surface area contributed by atoms with Crippen molar-refractivity contribution in [2.75, 3.05) is 0 Å². The zero-order valence-corrected chi connectivity index (χ0v) is 10.8. The molecule has 0 aromatic carbocycles. The van der Waals surface area contributed by atoms with Crippen LogP contribution >= 0.6 is 34.8 Å². The van der Waals surface area contributed by atoms with E-state index in [1.807, 2.05) is 13.1 Å². The molecule has 0 aliphatic heterocycles. The van der Waals surface area contributed by atoms with Crippen LogP contribution in [0.3, 0.4) is 0 Å². The zero-order valence-electron chi connectivity index (χ0n) is 8.58. The molecule has 3 aromatic rings. The van der Waals surface area contributed by atoms with Crippen molar-refractivity contribution in [1.82, 2.24) is 19.5 Å². The molecule has 0 unspecified atom stereocenters. The molecule has 0 saturated heterocycles. The highest BCUT2D eigenvalue weighted by Crippen LogP contribution is 2.34. The van der Waals surface area contributed by atoms with Gasteiger partial charge in [-0.05, 0) is 17.7 Å². The molecule has 0 radical (unpaired) electrons. The molecule has 0 saturated carbocycles. The third-order valence-electron chi connectivity index (χ3n) is 2.62. The molecule has 0 fully saturated rings. The Morgan fingerprint density at radius 3 is 2.65 bits per heavy atom. The van der Waals surface area contributed by atoms with E-state index in [0.29, 0.717) is 16.0 Å². The molecular formula is C10H5Cl3N4. The number of rotatable bonds is 0. The van der Waals surface area contributed by atoms with Crippen LogP contribution in [-0.4, -0.2) is 19.5 Å². The van der Waals surface area contributed by atoms with Gasteiger partial charge in [-0.15, -0.1) is 0 Å². The van der Waals surface area contributed by atoms with Crippen molar-refractivity contribution < 1.29 is 0 Å². The maximum absolute atomic E-state index is 6.09. The van der Waals surface area contributed by atoms with Crippen molar-refractivity contribution in [2.45, 2.75) is 0 Å². The first-order valence-corrected chi connectivity index (χ1v) is 5.84. The Morgan fingerprint density at radius 2 is 1.88 bits per heavy atom. The smallest absolute Gasteiger partial charge is 0.225 e. The van der Waals surface area contributed by atoms with E-state index in [1.165, 1.54) is 0 Å². The van der Waals surface area contributed by atoms with Gasteiger partial charge in [0.25, 0.3) is 0 Å². The summed E-state index contributed by atoms with van der Waals surface area (Å²) in [6.07, 6.45) is 1.62. The van der Waals surface area contributed by atoms with Crippen LogP contribution in [0.1, 0.15) is 0 Å². The van der Waals surface area contributed by atoms with Crippen molar-refractivity contribution in [2.24, 2.45) is 7.05 Å². The van der Waals surface area contributed by atoms with Crippen LogP contribution < -0.4 is 0 Å². The van der Waals surface area contributed by atoms with Crippen molar-refractivity contribution in [3.8, 4) is 0 Å². The van der Waals surface area contributed by atoms with Gasteiger partial charge < -0.3 is 4.57 Å². The van der Waals surface area contributed by atoms with Gasteiger partial charge in [0.2, 0.25) is 5.28 Å². The number of nitrogens with zero attached hydrogens (tertiary/aromatic N) is 4. The highest BCUT2D eigenvalue weighted by Gasteiger charge is 2.16. The van der Waals surface area contributed by atoms with Crippen LogP contribution in [0.5, 0.6) is 0 Å². The van der Waals surface area contributed by atoms with Gasteiger partial charge in [0.15, 0.2) is 5.15 Å². The molecule has 0 aliphatic carbocycles. The Labute approximate surface area is 111 Å². The number of aryl methyl sites for hydroxylation is 1. The van der Waals surface area contributed by atoms with E-state index < -0.39 is 0 Å². The monoisotopic (exact) mass is 286 g/mol. The number of hydrogen-bond acceptors (Lipinski definition) is 3. The number of pyridine rings is 1. The molecule has 3 aromatic heterocycles. The second-order valence-electron chi connectivity index (χ2n) is 3.54. The van der Waals surface area contributed by atoms with E-state index in [9.17, 15) is 0 Å². The summed E-state index contributed by atoms with van der Waals surface area (Å²) in [5.41, 5.74) is 1.41. The Morgan fingerprint density at radius 1 is 1.12 bits per heavy atom. The molecule has 0 N–H and O–H groups in total. The second kappa shape index (κ2) is 3.70. The van der Waals surface area contributed by atoms with Gasteiger partial charge in [-0.1, -0.05) is 23.2 Å². The maximum atomic E-state index is 6.09. The third-order valence-corrected chi connectivity index (χ3v) is 3.34. The fraction of sp³-hybridized carbons (Fsp3) is 0.100. The average molecular weight is 288 g/mol. The van der Waals surface area contributed by atoms with E-state index in [2.05, 4.69) is 15.0 Å². The van der Waals surface area contributed by atoms with E-state index in [0.717, 1.165) is 16.3 Å². The molecule has 0 amide bonds. The second-order valence-corrected chi connectivity index (χ2v) is 4.59. The van der Waals surface area contributed by atoms with Crippen LogP contribution in [0.2, 0.25) is 15.6 Å². The lowest BCUT2D eigenvalue weighted by Gasteiger charge is -1.98. The van der Waals surface area contributed by atoms with E-state index in [1.54, 1.807) is 10.8 Å². The van der Waals surface area contributed by atoms with Gasteiger partial charge in [-0.2, -0.15) is 4.98 Å². The van der Waals surface area contributed by atoms with Gasteiger partial charge >= 0.3 is 0 Å². The highest BCUT2D eigenvalue weighted by molar-refractivity contribution is 6.40. The lowest BCUT2D eigenvalue weighted by Crippen LogP contribution is -1.92. The molecule has 0 aliphatic rings. The minimum atomic E-state index is 0.109. The van der Waals surface area contributed by atoms with Crippen LogP contribution in [0.4, 0.5) is 0 Å². The molecule has 0 bridgehead atoms. The minimum absolute atomic E-state index is 0.109. The van der Waals surface area contributed by atoms with Crippen molar-refractivity contribution in [3.63, 3.8) is 0 Å². The Kier molecular flexibility index (Phi) is 2.40. The normalized spacial score (nSPS) is 11.5. The average Bonchev–Trinajstić information content (AvgIpc) is 2.54. The molecule has 0 spiro atoms. The standard InChI is InChI=1S/C10H5Cl3N4/c1-17-6-4(2-3-14-8(6)12)5-7(11)15-10(13)16-9(5)17/h2-3H,1H3. The largest absolute Gasteiger partial charge is 0.326 e. The molecule has 17 heavy (non-hydrogen) atoms. The van der Waals surface area contributed by atoms with Gasteiger partial charge in [0.05, 0.1) is 10.9 Å². The fourth-order valence-corrected chi connectivity index (χ4v) is 2.69. The van der Waals surface area contributed by atoms with E-state index >= 15 is 0 Å². The molecule has 0 atom stereocenters. The fourth-order valence-electron chi connectivity index (χ4n) is 1.93. The van der Waals surface area contributed by atoms with Crippen molar-refractivity contribution in [3.05, 3.63) is 27.9 Å². The zero-order chi connectivity index (χ0) is 12.2. The summed E-state index contributed by atoms with van der Waals surface area (Å²) < 4.78 is 1.80. The summed E-state index contributed by atoms with van der Waals surface area (Å²) in [5, 5.41) is 2.42. The summed E-state index contributed by atoms with van der Waals surface area (Å²) in [6, 6.07) is 1.83. The lowest BCUT2D eigenvalue weighted by molar-refractivity contribution is 0.978. The predicted octanol–water partition coefficient (Wildman–Crippen LogP) is 3.48. The van der Waals surface area contributed by atoms with Crippen LogP contribution in [0.25, 0.3) is 21.9 Å². The summed E-state index contributed by atoms with van der Waals surface area (Å²) in [5.74, 6) is 0. The summed E-state index contributed by atoms with van der Waals surface area (Å²) in [6.45, 7) is 0. The molecule has 3 heterocycles. The SMILES string of the molecule is Cn1c2nc(Cl)nc(Cl)c2c2ccnc(Cl)c21. The first-order valence-electron chi connectivity index (χ1n) is 4.71.